The minimum Gasteiger partial charge on any atom is -0.324 e. The van der Waals surface area contributed by atoms with Crippen molar-refractivity contribution >= 4 is 33.5 Å². The van der Waals surface area contributed by atoms with Crippen LogP contribution in [0.5, 0.6) is 0 Å². The molecular weight excluding hydrogens is 693 g/mol. The largest absolute Gasteiger partial charge is 0.324 e. The summed E-state index contributed by atoms with van der Waals surface area (Å²) in [6.07, 6.45) is -0.488. The van der Waals surface area contributed by atoms with Crippen molar-refractivity contribution in [2.75, 3.05) is 0 Å². The lowest BCUT2D eigenvalue weighted by atomic mass is 9.85. The lowest BCUT2D eigenvalue weighted by molar-refractivity contribution is 0.590. The third-order valence-corrected chi connectivity index (χ3v) is 11.2. The summed E-state index contributed by atoms with van der Waals surface area (Å²) < 4.78 is 2.51. The van der Waals surface area contributed by atoms with Gasteiger partial charge in [-0.1, -0.05) is 175 Å². The maximum absolute atomic E-state index is 5.34. The zero-order valence-electron chi connectivity index (χ0n) is 33.6. The SMILES string of the molecule is CC(C)(C)c1ccc2c(c1)c1cc(C(C)(C)C)ccc1n2-c1c(-c2ccccc2)cc(C2N=C(c3ccccc3)NC(c3ccccc3)=N2)cc1-c1ccccc1. The number of nitrogens with zero attached hydrogens (tertiary/aromatic N) is 3. The van der Waals surface area contributed by atoms with Gasteiger partial charge in [0.1, 0.15) is 11.7 Å². The van der Waals surface area contributed by atoms with Gasteiger partial charge in [0.2, 0.25) is 0 Å². The quantitative estimate of drug-likeness (QED) is 0.181. The van der Waals surface area contributed by atoms with Gasteiger partial charge in [-0.2, -0.15) is 0 Å². The van der Waals surface area contributed by atoms with Gasteiger partial charge >= 0.3 is 0 Å². The molecule has 2 heterocycles. The smallest absolute Gasteiger partial charge is 0.169 e. The van der Waals surface area contributed by atoms with Gasteiger partial charge in [-0.3, -0.25) is 0 Å². The molecule has 280 valence electrons. The summed E-state index contributed by atoms with van der Waals surface area (Å²) in [5.74, 6) is 1.60. The molecule has 0 aliphatic carbocycles. The zero-order chi connectivity index (χ0) is 39.3. The number of aromatic nitrogens is 1. The average Bonchev–Trinajstić information content (AvgIpc) is 3.56. The summed E-state index contributed by atoms with van der Waals surface area (Å²) >= 11 is 0. The molecular formula is C53H48N4. The first-order valence-corrected chi connectivity index (χ1v) is 19.9. The fourth-order valence-corrected chi connectivity index (χ4v) is 8.00. The van der Waals surface area contributed by atoms with Crippen LogP contribution in [0.2, 0.25) is 0 Å². The van der Waals surface area contributed by atoms with E-state index in [2.05, 4.69) is 209 Å². The number of amidine groups is 2. The fourth-order valence-electron chi connectivity index (χ4n) is 8.00. The van der Waals surface area contributed by atoms with Gasteiger partial charge in [-0.15, -0.1) is 0 Å². The highest BCUT2D eigenvalue weighted by atomic mass is 15.2. The van der Waals surface area contributed by atoms with E-state index in [4.69, 9.17) is 9.98 Å². The van der Waals surface area contributed by atoms with Crippen molar-refractivity contribution < 1.29 is 0 Å². The minimum absolute atomic E-state index is 0.00337. The number of aliphatic imine (C=N–C) groups is 2. The van der Waals surface area contributed by atoms with Crippen molar-refractivity contribution in [1.29, 1.82) is 0 Å². The number of hydrogen-bond acceptors (Lipinski definition) is 3. The van der Waals surface area contributed by atoms with Crippen LogP contribution in [0, 0.1) is 0 Å². The molecule has 1 aromatic heterocycles. The van der Waals surface area contributed by atoms with Crippen LogP contribution in [0.4, 0.5) is 0 Å². The lowest BCUT2D eigenvalue weighted by Crippen LogP contribution is -2.36. The van der Waals surface area contributed by atoms with E-state index in [1.807, 2.05) is 12.1 Å². The van der Waals surface area contributed by atoms with Crippen LogP contribution in [0.15, 0.2) is 180 Å². The van der Waals surface area contributed by atoms with Crippen molar-refractivity contribution in [3.63, 3.8) is 0 Å². The van der Waals surface area contributed by atoms with Crippen molar-refractivity contribution in [3.05, 3.63) is 198 Å². The molecule has 0 atom stereocenters. The van der Waals surface area contributed by atoms with Crippen LogP contribution < -0.4 is 5.32 Å². The average molecular weight is 741 g/mol. The van der Waals surface area contributed by atoms with E-state index >= 15 is 0 Å². The summed E-state index contributed by atoms with van der Waals surface area (Å²) in [7, 11) is 0. The van der Waals surface area contributed by atoms with Crippen LogP contribution in [-0.4, -0.2) is 16.2 Å². The van der Waals surface area contributed by atoms with Gasteiger partial charge in [-0.05, 0) is 75.0 Å². The second-order valence-electron chi connectivity index (χ2n) is 17.2. The number of hydrogen-bond donors (Lipinski definition) is 1. The third kappa shape index (κ3) is 6.86. The molecule has 0 saturated carbocycles. The monoisotopic (exact) mass is 740 g/mol. The molecule has 57 heavy (non-hydrogen) atoms. The second-order valence-corrected chi connectivity index (χ2v) is 17.2. The maximum atomic E-state index is 5.34. The molecule has 0 amide bonds. The molecule has 1 N–H and O–H groups in total. The third-order valence-electron chi connectivity index (χ3n) is 11.2. The van der Waals surface area contributed by atoms with Crippen molar-refractivity contribution in [1.82, 2.24) is 9.88 Å². The molecule has 9 rings (SSSR count). The molecule has 8 aromatic rings. The fraction of sp³-hybridized carbons (Fsp3) is 0.170. The predicted molar refractivity (Wildman–Crippen MR) is 241 cm³/mol. The topological polar surface area (TPSA) is 41.7 Å². The first-order valence-electron chi connectivity index (χ1n) is 19.9. The molecule has 0 spiro atoms. The summed E-state index contributed by atoms with van der Waals surface area (Å²) in [5, 5.41) is 6.10. The van der Waals surface area contributed by atoms with E-state index < -0.39 is 6.17 Å². The van der Waals surface area contributed by atoms with E-state index in [0.717, 1.165) is 56.3 Å². The number of rotatable bonds is 6. The molecule has 4 nitrogen and oxygen atoms in total. The van der Waals surface area contributed by atoms with E-state index in [9.17, 15) is 0 Å². The van der Waals surface area contributed by atoms with Crippen LogP contribution in [-0.2, 0) is 10.8 Å². The van der Waals surface area contributed by atoms with Gasteiger partial charge in [0.25, 0.3) is 0 Å². The summed E-state index contributed by atoms with van der Waals surface area (Å²) in [6, 6.07) is 61.1. The summed E-state index contributed by atoms with van der Waals surface area (Å²) in [6.45, 7) is 13.8. The molecule has 1 aliphatic heterocycles. The van der Waals surface area contributed by atoms with E-state index in [1.54, 1.807) is 0 Å². The Bertz CT molecular complexity index is 2610. The predicted octanol–water partition coefficient (Wildman–Crippen LogP) is 13.2. The minimum atomic E-state index is -0.488. The Morgan fingerprint density at radius 3 is 1.18 bits per heavy atom. The lowest BCUT2D eigenvalue weighted by Gasteiger charge is -2.25. The first kappa shape index (κ1) is 36.1. The molecule has 0 radical (unpaired) electrons. The highest BCUT2D eigenvalue weighted by Gasteiger charge is 2.27. The van der Waals surface area contributed by atoms with Crippen molar-refractivity contribution in [2.24, 2.45) is 9.98 Å². The van der Waals surface area contributed by atoms with Gasteiger partial charge in [0.15, 0.2) is 6.17 Å². The normalized spacial score (nSPS) is 13.7. The van der Waals surface area contributed by atoms with Gasteiger partial charge in [-0.25, -0.2) is 9.98 Å². The molecule has 1 aliphatic rings. The van der Waals surface area contributed by atoms with Gasteiger partial charge in [0, 0.05) is 33.0 Å². The Morgan fingerprint density at radius 1 is 0.439 bits per heavy atom. The van der Waals surface area contributed by atoms with Crippen LogP contribution >= 0.6 is 0 Å². The highest BCUT2D eigenvalue weighted by Crippen LogP contribution is 2.45. The van der Waals surface area contributed by atoms with Crippen molar-refractivity contribution in [2.45, 2.75) is 58.5 Å². The van der Waals surface area contributed by atoms with Crippen LogP contribution in [0.3, 0.4) is 0 Å². The Kier molecular flexibility index (Phi) is 9.01. The maximum Gasteiger partial charge on any atom is 0.169 e. The Hall–Kier alpha value is -6.52. The molecule has 0 unspecified atom stereocenters. The van der Waals surface area contributed by atoms with E-state index in [0.29, 0.717) is 0 Å². The highest BCUT2D eigenvalue weighted by molar-refractivity contribution is 6.16. The Morgan fingerprint density at radius 2 is 0.807 bits per heavy atom. The Balaban J connectivity index is 1.38. The molecule has 7 aromatic carbocycles. The van der Waals surface area contributed by atoms with Gasteiger partial charge in [0.05, 0.1) is 16.7 Å². The number of fused-ring (bicyclic) bond motifs is 3. The van der Waals surface area contributed by atoms with Crippen molar-refractivity contribution in [3.8, 4) is 27.9 Å². The number of benzene rings is 7. The first-order chi connectivity index (χ1) is 27.5. The molecule has 0 bridgehead atoms. The van der Waals surface area contributed by atoms with Gasteiger partial charge < -0.3 is 9.88 Å². The van der Waals surface area contributed by atoms with Crippen LogP contribution in [0.25, 0.3) is 49.7 Å². The second kappa shape index (κ2) is 14.2. The van der Waals surface area contributed by atoms with E-state index in [-0.39, 0.29) is 10.8 Å². The summed E-state index contributed by atoms with van der Waals surface area (Å²) in [5.41, 5.74) is 13.7. The summed E-state index contributed by atoms with van der Waals surface area (Å²) in [4.78, 5) is 10.7. The molecule has 4 heteroatoms. The Labute approximate surface area is 336 Å². The van der Waals surface area contributed by atoms with Crippen LogP contribution in [0.1, 0.15) is 75.5 Å². The molecule has 0 fully saturated rings. The number of nitrogens with one attached hydrogen (secondary N) is 1. The van der Waals surface area contributed by atoms with E-state index in [1.165, 1.54) is 32.9 Å². The standard InChI is InChI=1S/C53H48N4/c1-52(2,3)40-27-29-46-44(33-40)45-34-41(53(4,5)6)28-30-47(45)57(46)48-42(35-19-11-7-12-20-35)31-39(32-43(48)36-21-13-8-14-22-36)51-55-49(37-23-15-9-16-24-37)54-50(56-51)38-25-17-10-18-26-38/h7-34,51H,1-6H3,(H,54,55,56). The zero-order valence-corrected chi connectivity index (χ0v) is 33.6. The molecule has 0 saturated heterocycles.